The van der Waals surface area contributed by atoms with Crippen molar-refractivity contribution in [3.63, 3.8) is 0 Å². The predicted molar refractivity (Wildman–Crippen MR) is 71.5 cm³/mol. The lowest BCUT2D eigenvalue weighted by molar-refractivity contribution is 0.456. The van der Waals surface area contributed by atoms with Gasteiger partial charge in [0.2, 0.25) is 0 Å². The van der Waals surface area contributed by atoms with Gasteiger partial charge in [0, 0.05) is 12.5 Å². The molecule has 0 amide bonds. The van der Waals surface area contributed by atoms with Gasteiger partial charge >= 0.3 is 0 Å². The second-order valence-corrected chi connectivity index (χ2v) is 4.39. The van der Waals surface area contributed by atoms with E-state index >= 15 is 0 Å². The highest BCUT2D eigenvalue weighted by Gasteiger charge is 2.15. The van der Waals surface area contributed by atoms with E-state index in [1.807, 2.05) is 36.4 Å². The summed E-state index contributed by atoms with van der Waals surface area (Å²) in [5.74, 6) is 5.76. The standard InChI is InChI=1S/C14H15ClN2/c15-17(16)11-14(12-7-3-1-4-8-12)13-9-5-2-6-10-13/h1-10,14H,11,16H2. The van der Waals surface area contributed by atoms with E-state index in [0.717, 1.165) is 0 Å². The van der Waals surface area contributed by atoms with Gasteiger partial charge in [-0.05, 0) is 22.9 Å². The van der Waals surface area contributed by atoms with Gasteiger partial charge in [0.05, 0.1) is 0 Å². The van der Waals surface area contributed by atoms with Crippen LogP contribution >= 0.6 is 11.8 Å². The molecule has 17 heavy (non-hydrogen) atoms. The molecule has 0 heterocycles. The van der Waals surface area contributed by atoms with E-state index in [2.05, 4.69) is 24.3 Å². The van der Waals surface area contributed by atoms with E-state index in [0.29, 0.717) is 6.54 Å². The van der Waals surface area contributed by atoms with Crippen molar-refractivity contribution >= 4 is 11.8 Å². The molecular formula is C14H15ClN2. The van der Waals surface area contributed by atoms with Gasteiger partial charge in [-0.2, -0.15) is 4.53 Å². The van der Waals surface area contributed by atoms with E-state index in [4.69, 9.17) is 17.6 Å². The van der Waals surface area contributed by atoms with Crippen LogP contribution < -0.4 is 5.84 Å². The van der Waals surface area contributed by atoms with Crippen LogP contribution in [-0.4, -0.2) is 11.1 Å². The molecule has 2 N–H and O–H groups in total. The second kappa shape index (κ2) is 5.82. The Balaban J connectivity index is 2.32. The molecule has 0 saturated heterocycles. The molecule has 3 heteroatoms. The lowest BCUT2D eigenvalue weighted by Crippen LogP contribution is -2.26. The van der Waals surface area contributed by atoms with Gasteiger partial charge in [-0.15, -0.1) is 0 Å². The Morgan fingerprint density at radius 3 is 1.65 bits per heavy atom. The maximum absolute atomic E-state index is 5.78. The zero-order chi connectivity index (χ0) is 12.1. The highest BCUT2D eigenvalue weighted by Crippen LogP contribution is 2.25. The highest BCUT2D eigenvalue weighted by atomic mass is 35.5. The largest absolute Gasteiger partial charge is 0.254 e. The number of nitrogens with zero attached hydrogens (tertiary/aromatic N) is 1. The molecule has 0 radical (unpaired) electrons. The van der Waals surface area contributed by atoms with Crippen molar-refractivity contribution in [2.75, 3.05) is 6.54 Å². The first-order chi connectivity index (χ1) is 8.27. The predicted octanol–water partition coefficient (Wildman–Crippen LogP) is 3.15. The fourth-order valence-corrected chi connectivity index (χ4v) is 2.09. The molecule has 2 nitrogen and oxygen atoms in total. The topological polar surface area (TPSA) is 29.3 Å². The average Bonchev–Trinajstić information content (AvgIpc) is 2.38. The van der Waals surface area contributed by atoms with Crippen LogP contribution in [0, 0.1) is 0 Å². The molecule has 0 aromatic heterocycles. The summed E-state index contributed by atoms with van der Waals surface area (Å²) in [6.07, 6.45) is 0. The van der Waals surface area contributed by atoms with Crippen molar-refractivity contribution in [2.45, 2.75) is 5.92 Å². The summed E-state index contributed by atoms with van der Waals surface area (Å²) in [4.78, 5) is 0. The van der Waals surface area contributed by atoms with Crippen LogP contribution in [0.3, 0.4) is 0 Å². The first-order valence-electron chi connectivity index (χ1n) is 5.55. The quantitative estimate of drug-likeness (QED) is 0.510. The lowest BCUT2D eigenvalue weighted by atomic mass is 9.91. The van der Waals surface area contributed by atoms with Crippen molar-refractivity contribution in [1.29, 1.82) is 0 Å². The Bertz CT molecular complexity index is 403. The number of hydrogen-bond donors (Lipinski definition) is 1. The Morgan fingerprint density at radius 2 is 1.29 bits per heavy atom. The molecule has 2 rings (SSSR count). The molecule has 0 aliphatic carbocycles. The summed E-state index contributed by atoms with van der Waals surface area (Å²) in [5, 5.41) is 0. The summed E-state index contributed by atoms with van der Waals surface area (Å²) in [6.45, 7) is 0.579. The van der Waals surface area contributed by atoms with Crippen molar-refractivity contribution in [3.8, 4) is 0 Å². The van der Waals surface area contributed by atoms with Crippen molar-refractivity contribution in [3.05, 3.63) is 71.8 Å². The molecular weight excluding hydrogens is 232 g/mol. The summed E-state index contributed by atoms with van der Waals surface area (Å²) in [7, 11) is 0. The fraction of sp³-hybridized carbons (Fsp3) is 0.143. The van der Waals surface area contributed by atoms with Crippen LogP contribution in [0.1, 0.15) is 17.0 Å². The SMILES string of the molecule is NN(Cl)CC(c1ccccc1)c1ccccc1. The summed E-state index contributed by atoms with van der Waals surface area (Å²) in [5.41, 5.74) is 2.43. The Labute approximate surface area is 107 Å². The van der Waals surface area contributed by atoms with Crippen LogP contribution in [0.4, 0.5) is 0 Å². The monoisotopic (exact) mass is 246 g/mol. The van der Waals surface area contributed by atoms with Crippen LogP contribution in [0.5, 0.6) is 0 Å². The smallest absolute Gasteiger partial charge is 0.0403 e. The van der Waals surface area contributed by atoms with Gasteiger partial charge in [0.1, 0.15) is 0 Å². The number of nitrogens with two attached hydrogens (primary N) is 1. The second-order valence-electron chi connectivity index (χ2n) is 3.96. The first-order valence-corrected chi connectivity index (χ1v) is 5.89. The lowest BCUT2D eigenvalue weighted by Gasteiger charge is -2.20. The third-order valence-corrected chi connectivity index (χ3v) is 2.90. The molecule has 0 aliphatic rings. The summed E-state index contributed by atoms with van der Waals surface area (Å²) in [6, 6.07) is 20.5. The molecule has 0 unspecified atom stereocenters. The van der Waals surface area contributed by atoms with Crippen molar-refractivity contribution < 1.29 is 0 Å². The van der Waals surface area contributed by atoms with Crippen LogP contribution in [0.15, 0.2) is 60.7 Å². The van der Waals surface area contributed by atoms with E-state index in [9.17, 15) is 0 Å². The molecule has 2 aromatic carbocycles. The van der Waals surface area contributed by atoms with E-state index in [-0.39, 0.29) is 5.92 Å². The number of halogens is 1. The molecule has 0 aliphatic heterocycles. The number of rotatable bonds is 4. The Hall–Kier alpha value is -1.35. The minimum Gasteiger partial charge on any atom is -0.254 e. The number of hydrazine groups is 1. The molecule has 88 valence electrons. The van der Waals surface area contributed by atoms with Crippen LogP contribution in [-0.2, 0) is 0 Å². The molecule has 0 bridgehead atoms. The summed E-state index contributed by atoms with van der Waals surface area (Å²) >= 11 is 5.78. The van der Waals surface area contributed by atoms with Gasteiger partial charge in [-0.3, -0.25) is 5.84 Å². The van der Waals surface area contributed by atoms with Gasteiger partial charge in [-0.1, -0.05) is 60.7 Å². The molecule has 0 fully saturated rings. The van der Waals surface area contributed by atoms with E-state index < -0.39 is 0 Å². The van der Waals surface area contributed by atoms with Gasteiger partial charge in [0.25, 0.3) is 0 Å². The molecule has 2 aromatic rings. The number of benzene rings is 2. The average molecular weight is 247 g/mol. The Morgan fingerprint density at radius 1 is 0.882 bits per heavy atom. The summed E-state index contributed by atoms with van der Waals surface area (Å²) < 4.78 is 1.21. The van der Waals surface area contributed by atoms with E-state index in [1.165, 1.54) is 15.7 Å². The third kappa shape index (κ3) is 3.30. The third-order valence-electron chi connectivity index (χ3n) is 2.76. The zero-order valence-corrected chi connectivity index (χ0v) is 10.2. The van der Waals surface area contributed by atoms with Crippen molar-refractivity contribution in [2.24, 2.45) is 5.84 Å². The molecule has 0 atom stereocenters. The molecule has 0 spiro atoms. The minimum atomic E-state index is 0.194. The maximum atomic E-state index is 5.78. The Kier molecular flexibility index (Phi) is 4.15. The van der Waals surface area contributed by atoms with Crippen molar-refractivity contribution in [1.82, 2.24) is 4.53 Å². The zero-order valence-electron chi connectivity index (χ0n) is 9.46. The maximum Gasteiger partial charge on any atom is 0.0403 e. The fourth-order valence-electron chi connectivity index (χ4n) is 1.95. The first kappa shape index (κ1) is 12.1. The van der Waals surface area contributed by atoms with Crippen LogP contribution in [0.2, 0.25) is 0 Å². The highest BCUT2D eigenvalue weighted by molar-refractivity contribution is 6.12. The molecule has 0 saturated carbocycles. The van der Waals surface area contributed by atoms with Gasteiger partial charge in [0.15, 0.2) is 0 Å². The van der Waals surface area contributed by atoms with E-state index in [1.54, 1.807) is 0 Å². The van der Waals surface area contributed by atoms with Gasteiger partial charge < -0.3 is 0 Å². The van der Waals surface area contributed by atoms with Gasteiger partial charge in [-0.25, -0.2) is 0 Å². The van der Waals surface area contributed by atoms with Crippen LogP contribution in [0.25, 0.3) is 0 Å². The normalized spacial score (nSPS) is 11.1. The number of hydrogen-bond acceptors (Lipinski definition) is 2. The minimum absolute atomic E-state index is 0.194.